The molecule has 0 radical (unpaired) electrons. The van der Waals surface area contributed by atoms with E-state index < -0.39 is 16.1 Å². The maximum atomic E-state index is 14.3. The van der Waals surface area contributed by atoms with E-state index in [0.29, 0.717) is 35.7 Å². The molecule has 8 heteroatoms. The minimum atomic E-state index is -3.19. The molecule has 0 fully saturated rings. The predicted octanol–water partition coefficient (Wildman–Crippen LogP) is 2.31. The van der Waals surface area contributed by atoms with Crippen LogP contribution in [-0.4, -0.2) is 49.2 Å². The Morgan fingerprint density at radius 2 is 2.11 bits per heavy atom. The van der Waals surface area contributed by atoms with Crippen molar-refractivity contribution in [2.24, 2.45) is 0 Å². The Hall–Kier alpha value is -2.45. The highest BCUT2D eigenvalue weighted by Gasteiger charge is 2.25. The Morgan fingerprint density at radius 3 is 2.81 bits per heavy atom. The molecule has 2 aromatic rings. The van der Waals surface area contributed by atoms with Gasteiger partial charge in [0.1, 0.15) is 18.2 Å². The second-order valence-electron chi connectivity index (χ2n) is 6.51. The van der Waals surface area contributed by atoms with E-state index in [2.05, 4.69) is 5.32 Å². The van der Waals surface area contributed by atoms with Crippen LogP contribution in [-0.2, 0) is 14.4 Å². The van der Waals surface area contributed by atoms with E-state index in [1.54, 1.807) is 30.3 Å². The summed E-state index contributed by atoms with van der Waals surface area (Å²) >= 11 is 0. The number of likely N-dealkylation sites (N-methyl/N-ethyl adjacent to an activating group) is 1. The van der Waals surface area contributed by atoms with Gasteiger partial charge in [-0.2, -0.15) is 0 Å². The van der Waals surface area contributed by atoms with Crippen molar-refractivity contribution in [3.8, 4) is 16.9 Å². The third kappa shape index (κ3) is 4.45. The third-order valence-corrected chi connectivity index (χ3v) is 5.29. The first-order valence-corrected chi connectivity index (χ1v) is 10.5. The number of ether oxygens (including phenoxy) is 1. The number of halogens is 1. The molecule has 1 atom stereocenters. The van der Waals surface area contributed by atoms with Crippen LogP contribution in [0.2, 0.25) is 0 Å². The second-order valence-corrected chi connectivity index (χ2v) is 8.77. The van der Waals surface area contributed by atoms with Crippen molar-refractivity contribution in [2.45, 2.75) is 0 Å². The zero-order valence-corrected chi connectivity index (χ0v) is 16.0. The average Bonchev–Trinajstić information content (AvgIpc) is 2.60. The summed E-state index contributed by atoms with van der Waals surface area (Å²) in [6.45, 7) is 1.06. The zero-order valence-electron chi connectivity index (χ0n) is 15.2. The number of carbonyl (C=O) groups excluding carboxylic acids is 1. The van der Waals surface area contributed by atoms with E-state index in [9.17, 15) is 17.9 Å². The van der Waals surface area contributed by atoms with Crippen LogP contribution in [0, 0.1) is 5.82 Å². The lowest BCUT2D eigenvalue weighted by molar-refractivity contribution is 0.0952. The minimum Gasteiger partial charge on any atom is -0.615 e. The topological polar surface area (TPSA) is 81.7 Å². The van der Waals surface area contributed by atoms with Gasteiger partial charge in [0, 0.05) is 22.8 Å². The van der Waals surface area contributed by atoms with Crippen LogP contribution in [0.5, 0.6) is 5.75 Å². The first kappa shape index (κ1) is 19.3. The van der Waals surface area contributed by atoms with Gasteiger partial charge in [-0.25, -0.2) is 4.39 Å². The molecular formula is C19H21FN2O4S. The summed E-state index contributed by atoms with van der Waals surface area (Å²) in [7, 11) is -1.32. The normalized spacial score (nSPS) is 15.5. The fourth-order valence-electron chi connectivity index (χ4n) is 2.92. The summed E-state index contributed by atoms with van der Waals surface area (Å²) < 4.78 is 42.5. The maximum absolute atomic E-state index is 14.3. The molecule has 1 N–H and O–H groups in total. The molecule has 6 nitrogen and oxygen atoms in total. The number of fused-ring (bicyclic) bond motifs is 1. The summed E-state index contributed by atoms with van der Waals surface area (Å²) in [5, 5.41) is 2.60. The van der Waals surface area contributed by atoms with E-state index in [1.807, 2.05) is 11.9 Å². The minimum absolute atomic E-state index is 0.00773. The number of amides is 1. The fraction of sp³-hybridized carbons (Fsp3) is 0.316. The van der Waals surface area contributed by atoms with Gasteiger partial charge >= 0.3 is 0 Å². The molecule has 3 rings (SSSR count). The first-order chi connectivity index (χ1) is 12.8. The SMILES string of the molecule is CN1CCOc2c(C(=O)NCC[S+](C)(=O)[O-])cc(-c3ccccc3F)cc21. The summed E-state index contributed by atoms with van der Waals surface area (Å²) in [4.78, 5) is 14.6. The molecule has 0 saturated carbocycles. The zero-order chi connectivity index (χ0) is 19.6. The highest BCUT2D eigenvalue weighted by Crippen LogP contribution is 2.39. The highest BCUT2D eigenvalue weighted by atomic mass is 32.3. The Kier molecular flexibility index (Phi) is 5.48. The number of nitrogens with one attached hydrogen (secondary N) is 1. The van der Waals surface area contributed by atoms with Gasteiger partial charge < -0.3 is 19.5 Å². The molecule has 2 aromatic carbocycles. The second kappa shape index (κ2) is 7.66. The number of benzene rings is 2. The molecule has 144 valence electrons. The van der Waals surface area contributed by atoms with Gasteiger partial charge in [0.2, 0.25) is 0 Å². The van der Waals surface area contributed by atoms with Crippen LogP contribution in [0.25, 0.3) is 11.1 Å². The third-order valence-electron chi connectivity index (χ3n) is 4.34. The molecule has 0 saturated heterocycles. The molecule has 1 aliphatic rings. The van der Waals surface area contributed by atoms with E-state index in [-0.39, 0.29) is 23.7 Å². The largest absolute Gasteiger partial charge is 0.615 e. The van der Waals surface area contributed by atoms with Gasteiger partial charge in [0.15, 0.2) is 5.75 Å². The summed E-state index contributed by atoms with van der Waals surface area (Å²) in [6.07, 6.45) is 1.11. The molecule has 0 aromatic heterocycles. The molecule has 0 spiro atoms. The van der Waals surface area contributed by atoms with Gasteiger partial charge in [-0.15, -0.1) is 4.21 Å². The number of rotatable bonds is 5. The van der Waals surface area contributed by atoms with Gasteiger partial charge in [-0.3, -0.25) is 4.79 Å². The van der Waals surface area contributed by atoms with Crippen LogP contribution < -0.4 is 15.0 Å². The van der Waals surface area contributed by atoms with Crippen molar-refractivity contribution in [1.29, 1.82) is 0 Å². The van der Waals surface area contributed by atoms with E-state index in [4.69, 9.17) is 4.74 Å². The van der Waals surface area contributed by atoms with Gasteiger partial charge in [-0.1, -0.05) is 18.2 Å². The Morgan fingerprint density at radius 1 is 1.37 bits per heavy atom. The predicted molar refractivity (Wildman–Crippen MR) is 103 cm³/mol. The van der Waals surface area contributed by atoms with Crippen molar-refractivity contribution >= 4 is 21.8 Å². The number of carbonyl (C=O) groups is 1. The summed E-state index contributed by atoms with van der Waals surface area (Å²) in [5.41, 5.74) is 1.88. The van der Waals surface area contributed by atoms with Crippen LogP contribution >= 0.6 is 0 Å². The Labute approximate surface area is 158 Å². The van der Waals surface area contributed by atoms with Gasteiger partial charge in [-0.05, 0) is 23.8 Å². The average molecular weight is 392 g/mol. The molecule has 1 amide bonds. The van der Waals surface area contributed by atoms with Crippen molar-refractivity contribution < 1.29 is 22.7 Å². The maximum Gasteiger partial charge on any atom is 0.255 e. The standard InChI is InChI=1S/C19H21FN2O4S/c1-22-8-9-26-18-15(19(23)21-7-10-27(2,24)25)11-13(12-17(18)22)14-5-3-4-6-16(14)20/h3-6,11-12H,7-10H2,1-2H3,(H-,21,23,24,25). The smallest absolute Gasteiger partial charge is 0.255 e. The van der Waals surface area contributed by atoms with Crippen molar-refractivity contribution in [2.75, 3.05) is 43.7 Å². The van der Waals surface area contributed by atoms with Gasteiger partial charge in [0.25, 0.3) is 5.91 Å². The molecule has 1 aliphatic heterocycles. The van der Waals surface area contributed by atoms with Crippen LogP contribution in [0.15, 0.2) is 36.4 Å². The first-order valence-electron chi connectivity index (χ1n) is 8.49. The Balaban J connectivity index is 2.00. The molecular weight excluding hydrogens is 371 g/mol. The Bertz CT molecular complexity index is 913. The number of hydrogen-bond donors (Lipinski definition) is 1. The number of nitrogens with zero attached hydrogens (tertiary/aromatic N) is 1. The lowest BCUT2D eigenvalue weighted by Crippen LogP contribution is -2.33. The van der Waals surface area contributed by atoms with Crippen molar-refractivity contribution in [3.63, 3.8) is 0 Å². The molecule has 1 heterocycles. The van der Waals surface area contributed by atoms with E-state index >= 15 is 0 Å². The number of sulfone groups is 1. The van der Waals surface area contributed by atoms with Crippen LogP contribution in [0.1, 0.15) is 10.4 Å². The lowest BCUT2D eigenvalue weighted by Gasteiger charge is -2.30. The van der Waals surface area contributed by atoms with Gasteiger partial charge in [0.05, 0.1) is 30.6 Å². The molecule has 1 unspecified atom stereocenters. The summed E-state index contributed by atoms with van der Waals surface area (Å²) in [6, 6.07) is 9.70. The number of anilines is 1. The van der Waals surface area contributed by atoms with Crippen molar-refractivity contribution in [1.82, 2.24) is 5.32 Å². The molecule has 27 heavy (non-hydrogen) atoms. The van der Waals surface area contributed by atoms with Crippen molar-refractivity contribution in [3.05, 3.63) is 47.8 Å². The monoisotopic (exact) mass is 392 g/mol. The molecule has 0 aliphatic carbocycles. The quantitative estimate of drug-likeness (QED) is 0.790. The van der Waals surface area contributed by atoms with Crippen LogP contribution in [0.3, 0.4) is 0 Å². The number of hydrogen-bond acceptors (Lipinski definition) is 5. The fourth-order valence-corrected chi connectivity index (χ4v) is 3.39. The van der Waals surface area contributed by atoms with E-state index in [0.717, 1.165) is 6.26 Å². The highest BCUT2D eigenvalue weighted by molar-refractivity contribution is 7.96. The summed E-state index contributed by atoms with van der Waals surface area (Å²) in [5.74, 6) is -0.585. The molecule has 0 bridgehead atoms. The lowest BCUT2D eigenvalue weighted by atomic mass is 9.99. The van der Waals surface area contributed by atoms with E-state index in [1.165, 1.54) is 6.07 Å². The van der Waals surface area contributed by atoms with Crippen LogP contribution in [0.4, 0.5) is 10.1 Å².